The fourth-order valence-electron chi connectivity index (χ4n) is 2.19. The predicted octanol–water partition coefficient (Wildman–Crippen LogP) is 0.940. The summed E-state index contributed by atoms with van der Waals surface area (Å²) in [7, 11) is 0. The van der Waals surface area contributed by atoms with Crippen molar-refractivity contribution < 1.29 is 19.6 Å². The molecule has 1 aliphatic heterocycles. The van der Waals surface area contributed by atoms with Crippen molar-refractivity contribution in [2.75, 3.05) is 25.0 Å². The molecule has 21 heavy (non-hydrogen) atoms. The Labute approximate surface area is 120 Å². The van der Waals surface area contributed by atoms with Crippen molar-refractivity contribution in [1.82, 2.24) is 4.90 Å². The lowest BCUT2D eigenvalue weighted by molar-refractivity contribution is -0.384. The van der Waals surface area contributed by atoms with Gasteiger partial charge < -0.3 is 15.3 Å². The van der Waals surface area contributed by atoms with Crippen molar-refractivity contribution in [2.45, 2.75) is 6.42 Å². The number of likely N-dealkylation sites (tertiary alicyclic amines) is 1. The number of nitro benzene ring substituents is 1. The van der Waals surface area contributed by atoms with Crippen LogP contribution in [0.4, 0.5) is 11.4 Å². The van der Waals surface area contributed by atoms with Crippen LogP contribution in [0.3, 0.4) is 0 Å². The van der Waals surface area contributed by atoms with E-state index in [-0.39, 0.29) is 24.6 Å². The number of carboxylic acid groups (broad SMARTS) is 1. The number of non-ortho nitro benzene ring substituents is 1. The average Bonchev–Trinajstić information content (AvgIpc) is 2.81. The van der Waals surface area contributed by atoms with Gasteiger partial charge in [0.15, 0.2) is 0 Å². The van der Waals surface area contributed by atoms with Crippen LogP contribution < -0.4 is 5.32 Å². The maximum absolute atomic E-state index is 11.6. The number of benzene rings is 1. The van der Waals surface area contributed by atoms with Crippen molar-refractivity contribution >= 4 is 23.3 Å². The Balaban J connectivity index is 1.80. The normalized spacial score (nSPS) is 17.8. The maximum atomic E-state index is 11.6. The Kier molecular flexibility index (Phi) is 4.36. The summed E-state index contributed by atoms with van der Waals surface area (Å²) in [4.78, 5) is 34.0. The summed E-state index contributed by atoms with van der Waals surface area (Å²) < 4.78 is 0. The Morgan fingerprint density at radius 3 is 2.62 bits per heavy atom. The van der Waals surface area contributed by atoms with Gasteiger partial charge in [0.1, 0.15) is 0 Å². The number of carbonyl (C=O) groups is 2. The summed E-state index contributed by atoms with van der Waals surface area (Å²) in [6.07, 6.45) is 0.0485. The van der Waals surface area contributed by atoms with E-state index in [0.29, 0.717) is 18.8 Å². The summed E-state index contributed by atoms with van der Waals surface area (Å²) in [6.45, 7) is 1.09. The monoisotopic (exact) mass is 293 g/mol. The van der Waals surface area contributed by atoms with Gasteiger partial charge >= 0.3 is 5.97 Å². The first-order valence-corrected chi connectivity index (χ1v) is 6.46. The van der Waals surface area contributed by atoms with Crippen LogP contribution in [0.25, 0.3) is 0 Å². The first-order valence-electron chi connectivity index (χ1n) is 6.46. The predicted molar refractivity (Wildman–Crippen MR) is 73.9 cm³/mol. The van der Waals surface area contributed by atoms with Gasteiger partial charge in [0.05, 0.1) is 10.8 Å². The highest BCUT2D eigenvalue weighted by Crippen LogP contribution is 2.18. The fraction of sp³-hybridized carbons (Fsp3) is 0.385. The highest BCUT2D eigenvalue weighted by atomic mass is 16.6. The molecular formula is C13H15N3O5. The van der Waals surface area contributed by atoms with Gasteiger partial charge in [-0.3, -0.25) is 19.7 Å². The van der Waals surface area contributed by atoms with Crippen LogP contribution in [0.5, 0.6) is 0 Å². The number of anilines is 1. The molecule has 8 heteroatoms. The molecule has 0 saturated carbocycles. The average molecular weight is 293 g/mol. The second-order valence-electron chi connectivity index (χ2n) is 4.81. The van der Waals surface area contributed by atoms with E-state index >= 15 is 0 Å². The van der Waals surface area contributed by atoms with Crippen LogP contribution in [0.2, 0.25) is 0 Å². The highest BCUT2D eigenvalue weighted by molar-refractivity contribution is 5.86. The first kappa shape index (κ1) is 14.8. The van der Waals surface area contributed by atoms with Crippen LogP contribution in [0.1, 0.15) is 6.42 Å². The van der Waals surface area contributed by atoms with E-state index < -0.39 is 16.8 Å². The number of aliphatic carboxylic acids is 1. The second-order valence-corrected chi connectivity index (χ2v) is 4.81. The smallest absolute Gasteiger partial charge is 0.308 e. The number of amides is 1. The lowest BCUT2D eigenvalue weighted by Gasteiger charge is -2.16. The molecule has 0 bridgehead atoms. The molecule has 1 aliphatic rings. The van der Waals surface area contributed by atoms with Crippen molar-refractivity contribution in [2.24, 2.45) is 5.92 Å². The van der Waals surface area contributed by atoms with Gasteiger partial charge in [0, 0.05) is 43.9 Å². The number of carboxylic acids is 1. The van der Waals surface area contributed by atoms with Crippen LogP contribution in [0, 0.1) is 16.0 Å². The molecule has 0 spiro atoms. The van der Waals surface area contributed by atoms with E-state index in [1.165, 1.54) is 17.0 Å². The topological polar surface area (TPSA) is 113 Å². The number of rotatable bonds is 6. The fourth-order valence-corrected chi connectivity index (χ4v) is 2.19. The SMILES string of the molecule is O=C(O)C1CC(=O)N(CCNc2ccc([N+](=O)[O-])cc2)C1. The van der Waals surface area contributed by atoms with Crippen molar-refractivity contribution in [1.29, 1.82) is 0 Å². The molecule has 1 unspecified atom stereocenters. The number of nitrogens with one attached hydrogen (secondary N) is 1. The molecule has 0 aromatic heterocycles. The number of hydrogen-bond acceptors (Lipinski definition) is 5. The van der Waals surface area contributed by atoms with Crippen molar-refractivity contribution in [3.8, 4) is 0 Å². The Morgan fingerprint density at radius 1 is 1.43 bits per heavy atom. The molecule has 1 atom stereocenters. The molecule has 1 saturated heterocycles. The van der Waals surface area contributed by atoms with Crippen molar-refractivity contribution in [3.05, 3.63) is 34.4 Å². The lowest BCUT2D eigenvalue weighted by atomic mass is 10.1. The van der Waals surface area contributed by atoms with E-state index in [1.807, 2.05) is 0 Å². The molecule has 8 nitrogen and oxygen atoms in total. The molecule has 0 radical (unpaired) electrons. The lowest BCUT2D eigenvalue weighted by Crippen LogP contribution is -2.31. The summed E-state index contributed by atoms with van der Waals surface area (Å²) in [6, 6.07) is 5.96. The molecule has 1 heterocycles. The van der Waals surface area contributed by atoms with Crippen LogP contribution in [-0.4, -0.2) is 46.4 Å². The summed E-state index contributed by atoms with van der Waals surface area (Å²) >= 11 is 0. The largest absolute Gasteiger partial charge is 0.481 e. The molecule has 2 N–H and O–H groups in total. The van der Waals surface area contributed by atoms with Crippen molar-refractivity contribution in [3.63, 3.8) is 0 Å². The van der Waals surface area contributed by atoms with Crippen LogP contribution in [-0.2, 0) is 9.59 Å². The Morgan fingerprint density at radius 2 is 2.10 bits per heavy atom. The molecule has 1 aromatic rings. The van der Waals surface area contributed by atoms with Gasteiger partial charge in [-0.05, 0) is 12.1 Å². The molecule has 112 valence electrons. The zero-order chi connectivity index (χ0) is 15.4. The van der Waals surface area contributed by atoms with Gasteiger partial charge in [0.25, 0.3) is 5.69 Å². The number of nitro groups is 1. The summed E-state index contributed by atoms with van der Waals surface area (Å²) in [5.41, 5.74) is 0.724. The standard InChI is InChI=1S/C13H15N3O5/c17-12-7-9(13(18)19)8-15(12)6-5-14-10-1-3-11(4-2-10)16(20)21/h1-4,9,14H,5-8H2,(H,18,19). The molecule has 1 amide bonds. The van der Waals surface area contributed by atoms with E-state index in [0.717, 1.165) is 0 Å². The zero-order valence-electron chi connectivity index (χ0n) is 11.2. The molecule has 1 fully saturated rings. The number of nitrogens with zero attached hydrogens (tertiary/aromatic N) is 2. The third kappa shape index (κ3) is 3.68. The Hall–Kier alpha value is -2.64. The van der Waals surface area contributed by atoms with Gasteiger partial charge in [-0.15, -0.1) is 0 Å². The summed E-state index contributed by atoms with van der Waals surface area (Å²) in [5.74, 6) is -1.74. The second kappa shape index (κ2) is 6.21. The zero-order valence-corrected chi connectivity index (χ0v) is 11.2. The van der Waals surface area contributed by atoms with Gasteiger partial charge in [0.2, 0.25) is 5.91 Å². The number of hydrogen-bond donors (Lipinski definition) is 2. The molecule has 0 aliphatic carbocycles. The minimum absolute atomic E-state index is 0.0135. The van der Waals surface area contributed by atoms with E-state index in [1.54, 1.807) is 12.1 Å². The maximum Gasteiger partial charge on any atom is 0.308 e. The number of carbonyl (C=O) groups excluding carboxylic acids is 1. The van der Waals surface area contributed by atoms with Crippen LogP contribution >= 0.6 is 0 Å². The quantitative estimate of drug-likeness (QED) is 0.596. The summed E-state index contributed by atoms with van der Waals surface area (Å²) in [5, 5.41) is 22.4. The third-order valence-corrected chi connectivity index (χ3v) is 3.35. The van der Waals surface area contributed by atoms with E-state index in [9.17, 15) is 19.7 Å². The minimum Gasteiger partial charge on any atom is -0.481 e. The van der Waals surface area contributed by atoms with Gasteiger partial charge in [-0.25, -0.2) is 0 Å². The van der Waals surface area contributed by atoms with E-state index in [4.69, 9.17) is 5.11 Å². The minimum atomic E-state index is -0.950. The highest BCUT2D eigenvalue weighted by Gasteiger charge is 2.33. The molecule has 1 aromatic carbocycles. The van der Waals surface area contributed by atoms with Gasteiger partial charge in [-0.1, -0.05) is 0 Å². The first-order chi connectivity index (χ1) is 9.97. The van der Waals surface area contributed by atoms with Crippen LogP contribution in [0.15, 0.2) is 24.3 Å². The van der Waals surface area contributed by atoms with Gasteiger partial charge in [-0.2, -0.15) is 0 Å². The molecular weight excluding hydrogens is 278 g/mol. The Bertz CT molecular complexity index is 557. The molecule has 2 rings (SSSR count). The van der Waals surface area contributed by atoms with E-state index in [2.05, 4.69) is 5.32 Å². The third-order valence-electron chi connectivity index (χ3n) is 3.35.